The lowest BCUT2D eigenvalue weighted by Gasteiger charge is -2.13. The summed E-state index contributed by atoms with van der Waals surface area (Å²) < 4.78 is 6.87. The highest BCUT2D eigenvalue weighted by Gasteiger charge is 2.23. The first-order valence-corrected chi connectivity index (χ1v) is 21.2. The van der Waals surface area contributed by atoms with Crippen molar-refractivity contribution in [2.75, 3.05) is 0 Å². The van der Waals surface area contributed by atoms with Gasteiger partial charge in [-0.2, -0.15) is 9.97 Å². The third-order valence-corrected chi connectivity index (χ3v) is 12.3. The summed E-state index contributed by atoms with van der Waals surface area (Å²) >= 11 is 0. The molecule has 0 bridgehead atoms. The molecule has 13 rings (SSSR count). The van der Waals surface area contributed by atoms with Crippen LogP contribution in [0.2, 0.25) is 0 Å². The van der Waals surface area contributed by atoms with E-state index in [-0.39, 0.29) is 0 Å². The third-order valence-electron chi connectivity index (χ3n) is 12.3. The van der Waals surface area contributed by atoms with Gasteiger partial charge in [0.25, 0.3) is 0 Å². The van der Waals surface area contributed by atoms with Crippen LogP contribution >= 0.6 is 0 Å². The zero-order chi connectivity index (χ0) is 41.4. The Bertz CT molecular complexity index is 3850. The van der Waals surface area contributed by atoms with E-state index in [2.05, 4.69) is 208 Å². The average molecular weight is 806 g/mol. The summed E-state index contributed by atoms with van der Waals surface area (Å²) in [5.41, 5.74) is 11.3. The van der Waals surface area contributed by atoms with E-state index in [9.17, 15) is 0 Å². The monoisotopic (exact) mass is 805 g/mol. The van der Waals surface area contributed by atoms with Crippen molar-refractivity contribution in [2.45, 2.75) is 0 Å². The molecule has 5 aromatic heterocycles. The van der Waals surface area contributed by atoms with E-state index in [0.29, 0.717) is 17.6 Å². The molecule has 63 heavy (non-hydrogen) atoms. The Labute approximate surface area is 361 Å². The van der Waals surface area contributed by atoms with Gasteiger partial charge < -0.3 is 4.57 Å². The minimum Gasteiger partial charge on any atom is -0.307 e. The standard InChI is InChI=1S/C56H35N7/c1-3-16-37(17-4-1)54-58-55(38-32-30-36(31-33-38)46-24-15-29-51(57-46)62-48-26-12-7-20-40(48)41-21-8-13-27-49(41)62)60-56(59-54)63-50-28-14-10-23-43(50)45-35-34-44-42-22-9-11-25-47(42)61(52(44)53(45)63)39-18-5-2-6-19-39/h1-35H. The largest absolute Gasteiger partial charge is 0.307 e. The summed E-state index contributed by atoms with van der Waals surface area (Å²) in [4.78, 5) is 21.0. The molecule has 0 aliphatic rings. The van der Waals surface area contributed by atoms with Crippen molar-refractivity contribution in [1.82, 2.24) is 33.6 Å². The van der Waals surface area contributed by atoms with Gasteiger partial charge in [0.2, 0.25) is 5.95 Å². The predicted molar refractivity (Wildman–Crippen MR) is 257 cm³/mol. The highest BCUT2D eigenvalue weighted by Crippen LogP contribution is 2.42. The van der Waals surface area contributed by atoms with Crippen molar-refractivity contribution in [3.8, 4) is 51.5 Å². The van der Waals surface area contributed by atoms with Gasteiger partial charge in [0.15, 0.2) is 11.6 Å². The number of hydrogen-bond donors (Lipinski definition) is 0. The second kappa shape index (κ2) is 13.9. The van der Waals surface area contributed by atoms with Gasteiger partial charge in [0.1, 0.15) is 5.82 Å². The predicted octanol–water partition coefficient (Wildman–Crippen LogP) is 13.6. The number of aromatic nitrogens is 7. The summed E-state index contributed by atoms with van der Waals surface area (Å²) in [5, 5.41) is 7.02. The molecule has 294 valence electrons. The van der Waals surface area contributed by atoms with E-state index < -0.39 is 0 Å². The topological polar surface area (TPSA) is 66.3 Å². The Morgan fingerprint density at radius 1 is 0.270 bits per heavy atom. The van der Waals surface area contributed by atoms with Crippen LogP contribution in [-0.4, -0.2) is 33.6 Å². The lowest BCUT2D eigenvalue weighted by atomic mass is 10.1. The first kappa shape index (κ1) is 35.1. The average Bonchev–Trinajstić information content (AvgIpc) is 4.01. The lowest BCUT2D eigenvalue weighted by molar-refractivity contribution is 0.953. The lowest BCUT2D eigenvalue weighted by Crippen LogP contribution is -2.07. The van der Waals surface area contributed by atoms with Gasteiger partial charge in [-0.15, -0.1) is 0 Å². The van der Waals surface area contributed by atoms with Crippen molar-refractivity contribution in [2.24, 2.45) is 0 Å². The van der Waals surface area contributed by atoms with E-state index in [1.165, 1.54) is 16.2 Å². The molecule has 0 saturated heterocycles. The van der Waals surface area contributed by atoms with Crippen LogP contribution in [0.4, 0.5) is 0 Å². The van der Waals surface area contributed by atoms with Crippen LogP contribution < -0.4 is 0 Å². The molecule has 13 aromatic rings. The van der Waals surface area contributed by atoms with Crippen molar-refractivity contribution in [1.29, 1.82) is 0 Å². The number of benzene rings is 8. The summed E-state index contributed by atoms with van der Waals surface area (Å²) in [7, 11) is 0. The number of para-hydroxylation sites is 5. The Morgan fingerprint density at radius 2 is 0.714 bits per heavy atom. The van der Waals surface area contributed by atoms with Gasteiger partial charge >= 0.3 is 0 Å². The van der Waals surface area contributed by atoms with Crippen LogP contribution in [0.15, 0.2) is 212 Å². The summed E-state index contributed by atoms with van der Waals surface area (Å²) in [6, 6.07) is 74.2. The van der Waals surface area contributed by atoms with Crippen molar-refractivity contribution < 1.29 is 0 Å². The van der Waals surface area contributed by atoms with Crippen molar-refractivity contribution in [3.63, 3.8) is 0 Å². The Morgan fingerprint density at radius 3 is 1.30 bits per heavy atom. The molecule has 0 radical (unpaired) electrons. The fourth-order valence-electron chi connectivity index (χ4n) is 9.53. The summed E-state index contributed by atoms with van der Waals surface area (Å²) in [6.07, 6.45) is 0. The Hall–Kier alpha value is -8.68. The van der Waals surface area contributed by atoms with Gasteiger partial charge in [0, 0.05) is 54.7 Å². The number of fused-ring (bicyclic) bond motifs is 10. The molecule has 0 spiro atoms. The van der Waals surface area contributed by atoms with Crippen molar-refractivity contribution in [3.05, 3.63) is 212 Å². The van der Waals surface area contributed by atoms with E-state index in [0.717, 1.165) is 83.1 Å². The molecule has 7 heteroatoms. The quantitative estimate of drug-likeness (QED) is 0.168. The molecule has 5 heterocycles. The van der Waals surface area contributed by atoms with E-state index in [1.807, 2.05) is 18.2 Å². The first-order chi connectivity index (χ1) is 31.3. The minimum atomic E-state index is 0.548. The van der Waals surface area contributed by atoms with Crippen molar-refractivity contribution >= 4 is 65.4 Å². The fourth-order valence-corrected chi connectivity index (χ4v) is 9.53. The number of hydrogen-bond acceptors (Lipinski definition) is 4. The molecule has 0 fully saturated rings. The maximum atomic E-state index is 5.36. The van der Waals surface area contributed by atoms with Gasteiger partial charge in [-0.25, -0.2) is 9.97 Å². The SMILES string of the molecule is c1ccc(-c2nc(-c3ccc(-c4cccc(-n5c6ccccc6c6ccccc65)n4)cc3)nc(-n3c4ccccc4c4ccc5c6ccccc6n(-c6ccccc6)c5c43)n2)cc1. The van der Waals surface area contributed by atoms with Gasteiger partial charge in [0.05, 0.1) is 38.8 Å². The van der Waals surface area contributed by atoms with Crippen LogP contribution in [0.1, 0.15) is 0 Å². The molecule has 0 N–H and O–H groups in total. The van der Waals surface area contributed by atoms with Gasteiger partial charge in [-0.05, 0) is 48.5 Å². The molecule has 0 atom stereocenters. The molecule has 0 amide bonds. The van der Waals surface area contributed by atoms with E-state index in [4.69, 9.17) is 19.9 Å². The molecule has 0 unspecified atom stereocenters. The molecule has 7 nitrogen and oxygen atoms in total. The summed E-state index contributed by atoms with van der Waals surface area (Å²) in [6.45, 7) is 0. The maximum Gasteiger partial charge on any atom is 0.238 e. The fraction of sp³-hybridized carbons (Fsp3) is 0. The molecular formula is C56H35N7. The van der Waals surface area contributed by atoms with Gasteiger partial charge in [-0.3, -0.25) is 9.13 Å². The van der Waals surface area contributed by atoms with E-state index in [1.54, 1.807) is 0 Å². The second-order valence-electron chi connectivity index (χ2n) is 15.9. The minimum absolute atomic E-state index is 0.548. The highest BCUT2D eigenvalue weighted by molar-refractivity contribution is 6.23. The van der Waals surface area contributed by atoms with Crippen LogP contribution in [0.3, 0.4) is 0 Å². The normalized spacial score (nSPS) is 11.8. The third kappa shape index (κ3) is 5.46. The molecule has 0 saturated carbocycles. The molecule has 0 aliphatic carbocycles. The zero-order valence-corrected chi connectivity index (χ0v) is 33.8. The maximum absolute atomic E-state index is 5.36. The number of rotatable bonds is 6. The van der Waals surface area contributed by atoms with Crippen LogP contribution in [0.5, 0.6) is 0 Å². The van der Waals surface area contributed by atoms with Crippen LogP contribution in [-0.2, 0) is 0 Å². The first-order valence-electron chi connectivity index (χ1n) is 21.2. The smallest absolute Gasteiger partial charge is 0.238 e. The second-order valence-corrected chi connectivity index (χ2v) is 15.9. The number of pyridine rings is 1. The highest BCUT2D eigenvalue weighted by atomic mass is 15.2. The Kier molecular flexibility index (Phi) is 7.77. The van der Waals surface area contributed by atoms with Crippen LogP contribution in [0, 0.1) is 0 Å². The molecule has 0 aliphatic heterocycles. The summed E-state index contributed by atoms with van der Waals surface area (Å²) in [5.74, 6) is 2.60. The van der Waals surface area contributed by atoms with E-state index >= 15 is 0 Å². The zero-order valence-electron chi connectivity index (χ0n) is 33.8. The number of nitrogens with zero attached hydrogens (tertiary/aromatic N) is 7. The van der Waals surface area contributed by atoms with Gasteiger partial charge in [-0.1, -0.05) is 164 Å². The molecule has 8 aromatic carbocycles. The molecular weight excluding hydrogens is 771 g/mol. The van der Waals surface area contributed by atoms with Crippen LogP contribution in [0.25, 0.3) is 117 Å². The Balaban J connectivity index is 1.00.